The Kier molecular flexibility index (Phi) is 8.88. The summed E-state index contributed by atoms with van der Waals surface area (Å²) in [5.74, 6) is 1.21. The zero-order valence-electron chi connectivity index (χ0n) is 25.8. The van der Waals surface area contributed by atoms with Crippen LogP contribution in [0.5, 0.6) is 0 Å². The highest BCUT2D eigenvalue weighted by Gasteiger charge is 2.53. The summed E-state index contributed by atoms with van der Waals surface area (Å²) in [5, 5.41) is 20.4. The average Bonchev–Trinajstić information content (AvgIpc) is 3.66. The molecular weight excluding hydrogens is 556 g/mol. The second-order valence-electron chi connectivity index (χ2n) is 12.8. The molecule has 234 valence electrons. The lowest BCUT2D eigenvalue weighted by atomic mass is 9.58. The van der Waals surface area contributed by atoms with Gasteiger partial charge < -0.3 is 29.5 Å². The summed E-state index contributed by atoms with van der Waals surface area (Å²) in [6.07, 6.45) is 6.44. The molecule has 10 heteroatoms. The molecule has 0 spiro atoms. The molecule has 0 bridgehead atoms. The molecule has 1 aromatic heterocycles. The van der Waals surface area contributed by atoms with Gasteiger partial charge in [-0.1, -0.05) is 30.3 Å². The van der Waals surface area contributed by atoms with Crippen LogP contribution in [0.15, 0.2) is 60.9 Å². The molecule has 3 fully saturated rings. The van der Waals surface area contributed by atoms with Crippen molar-refractivity contribution in [2.45, 2.75) is 57.1 Å². The number of carbonyl (C=O) groups is 2. The predicted octanol–water partition coefficient (Wildman–Crippen LogP) is 4.60. The molecule has 0 unspecified atom stereocenters. The zero-order chi connectivity index (χ0) is 30.7. The van der Waals surface area contributed by atoms with Crippen molar-refractivity contribution in [2.24, 2.45) is 17.8 Å². The molecule has 44 heavy (non-hydrogen) atoms. The summed E-state index contributed by atoms with van der Waals surface area (Å²) in [6, 6.07) is 18.1. The normalized spacial score (nSPS) is 22.7. The molecule has 3 heterocycles. The van der Waals surface area contributed by atoms with E-state index in [2.05, 4.69) is 60.2 Å². The Morgan fingerprint density at radius 1 is 1.02 bits per heavy atom. The highest BCUT2D eigenvalue weighted by Crippen LogP contribution is 2.52. The van der Waals surface area contributed by atoms with Crippen LogP contribution in [-0.4, -0.2) is 82.7 Å². The van der Waals surface area contributed by atoms with Crippen LogP contribution in [0.1, 0.15) is 53.8 Å². The standard InChI is InChI=1S/C34H44N6O4/c1-24-37-36-23-40(24)22-34(27-7-4-3-5-8-27,30-9-6-10-31(30)44-33(43)35-2)28-15-17-38(18-16-28)19-25-20-39(21-25)29-13-11-26(12-14-29)32(41)42/h3-5,7-8,11-14,23,25,28,30-31H,6,9-10,15-22H2,1-2H3,(H,35,43)(H,41,42)/t30-,31-,34+/m0/s1. The molecule has 0 radical (unpaired) electrons. The van der Waals surface area contributed by atoms with Crippen LogP contribution in [0.2, 0.25) is 0 Å². The molecule has 10 nitrogen and oxygen atoms in total. The maximum absolute atomic E-state index is 12.5. The number of carboxylic acid groups (broad SMARTS) is 1. The minimum Gasteiger partial charge on any atom is -0.478 e. The number of rotatable bonds is 10. The molecule has 3 aliphatic rings. The van der Waals surface area contributed by atoms with Crippen LogP contribution in [0.4, 0.5) is 10.5 Å². The molecule has 2 N–H and O–H groups in total. The van der Waals surface area contributed by atoms with Crippen LogP contribution in [0.3, 0.4) is 0 Å². The highest BCUT2D eigenvalue weighted by atomic mass is 16.6. The Balaban J connectivity index is 1.19. The number of amides is 1. The largest absolute Gasteiger partial charge is 0.478 e. The molecule has 2 aromatic carbocycles. The van der Waals surface area contributed by atoms with Gasteiger partial charge in [0.2, 0.25) is 0 Å². The van der Waals surface area contributed by atoms with Crippen LogP contribution in [0, 0.1) is 24.7 Å². The first-order valence-corrected chi connectivity index (χ1v) is 16.0. The number of benzene rings is 2. The van der Waals surface area contributed by atoms with E-state index in [-0.39, 0.29) is 23.5 Å². The molecule has 3 aromatic rings. The second-order valence-corrected chi connectivity index (χ2v) is 12.8. The molecule has 1 saturated carbocycles. The van der Waals surface area contributed by atoms with E-state index in [9.17, 15) is 14.7 Å². The van der Waals surface area contributed by atoms with Gasteiger partial charge in [-0.2, -0.15) is 0 Å². The smallest absolute Gasteiger partial charge is 0.407 e. The predicted molar refractivity (Wildman–Crippen MR) is 168 cm³/mol. The molecule has 3 atom stereocenters. The summed E-state index contributed by atoms with van der Waals surface area (Å²) in [5.41, 5.74) is 2.49. The number of likely N-dealkylation sites (tertiary alicyclic amines) is 1. The Morgan fingerprint density at radius 3 is 2.39 bits per heavy atom. The summed E-state index contributed by atoms with van der Waals surface area (Å²) in [6.45, 7) is 7.92. The zero-order valence-corrected chi connectivity index (χ0v) is 25.8. The number of hydrogen-bond acceptors (Lipinski definition) is 7. The Bertz CT molecular complexity index is 1420. The summed E-state index contributed by atoms with van der Waals surface area (Å²) in [7, 11) is 1.63. The van der Waals surface area contributed by atoms with E-state index in [1.165, 1.54) is 5.56 Å². The number of piperidine rings is 1. The Hall–Kier alpha value is -3.92. The summed E-state index contributed by atoms with van der Waals surface area (Å²) < 4.78 is 8.26. The topological polar surface area (TPSA) is 113 Å². The molecule has 6 rings (SSSR count). The van der Waals surface area contributed by atoms with E-state index in [1.54, 1.807) is 19.2 Å². The first-order chi connectivity index (χ1) is 21.4. The molecule has 2 aliphatic heterocycles. The van der Waals surface area contributed by atoms with E-state index >= 15 is 0 Å². The number of aryl methyl sites for hydroxylation is 1. The first kappa shape index (κ1) is 30.1. The summed E-state index contributed by atoms with van der Waals surface area (Å²) >= 11 is 0. The fourth-order valence-corrected chi connectivity index (χ4v) is 8.15. The fraction of sp³-hybridized carbons (Fsp3) is 0.529. The van der Waals surface area contributed by atoms with Crippen molar-refractivity contribution in [1.82, 2.24) is 25.0 Å². The first-order valence-electron chi connectivity index (χ1n) is 16.0. The third-order valence-corrected chi connectivity index (χ3v) is 10.4. The number of alkyl carbamates (subject to hydrolysis) is 1. The number of ether oxygens (including phenoxy) is 1. The minimum absolute atomic E-state index is 0.143. The van der Waals surface area contributed by atoms with E-state index in [0.29, 0.717) is 17.4 Å². The van der Waals surface area contributed by atoms with Crippen LogP contribution >= 0.6 is 0 Å². The lowest BCUT2D eigenvalue weighted by molar-refractivity contribution is 0.00176. The lowest BCUT2D eigenvalue weighted by Crippen LogP contribution is -2.55. The van der Waals surface area contributed by atoms with Gasteiger partial charge in [-0.15, -0.1) is 10.2 Å². The number of nitrogens with one attached hydrogen (secondary N) is 1. The van der Waals surface area contributed by atoms with E-state index in [1.807, 2.05) is 25.4 Å². The van der Waals surface area contributed by atoms with Crippen molar-refractivity contribution in [1.29, 1.82) is 0 Å². The van der Waals surface area contributed by atoms with E-state index in [0.717, 1.165) is 82.9 Å². The number of aromatic carboxylic acids is 1. The number of nitrogens with zero attached hydrogens (tertiary/aromatic N) is 5. The van der Waals surface area contributed by atoms with Crippen LogP contribution in [-0.2, 0) is 16.7 Å². The fourth-order valence-electron chi connectivity index (χ4n) is 8.15. The number of hydrogen-bond donors (Lipinski definition) is 2. The third kappa shape index (κ3) is 6.04. The van der Waals surface area contributed by atoms with Crippen LogP contribution < -0.4 is 10.2 Å². The summed E-state index contributed by atoms with van der Waals surface area (Å²) in [4.78, 5) is 28.6. The van der Waals surface area contributed by atoms with Gasteiger partial charge in [0, 0.05) is 56.2 Å². The van der Waals surface area contributed by atoms with Gasteiger partial charge in [0.1, 0.15) is 18.3 Å². The van der Waals surface area contributed by atoms with Gasteiger partial charge >= 0.3 is 12.1 Å². The van der Waals surface area contributed by atoms with Crippen molar-refractivity contribution in [2.75, 3.05) is 44.7 Å². The van der Waals surface area contributed by atoms with Crippen molar-refractivity contribution < 1.29 is 19.4 Å². The molecule has 1 amide bonds. The number of carboxylic acids is 1. The van der Waals surface area contributed by atoms with Gasteiger partial charge in [-0.05, 0) is 87.9 Å². The van der Waals surface area contributed by atoms with Gasteiger partial charge in [-0.25, -0.2) is 9.59 Å². The van der Waals surface area contributed by atoms with Crippen molar-refractivity contribution in [3.8, 4) is 0 Å². The Morgan fingerprint density at radius 2 is 1.75 bits per heavy atom. The van der Waals surface area contributed by atoms with Crippen molar-refractivity contribution >= 4 is 17.7 Å². The number of carbonyl (C=O) groups excluding carboxylic acids is 1. The van der Waals surface area contributed by atoms with Gasteiger partial charge in [-0.3, -0.25) is 0 Å². The van der Waals surface area contributed by atoms with Crippen LogP contribution in [0.25, 0.3) is 0 Å². The lowest BCUT2D eigenvalue weighted by Gasteiger charge is -2.51. The van der Waals surface area contributed by atoms with E-state index in [4.69, 9.17) is 4.74 Å². The molecule has 2 saturated heterocycles. The molecular formula is C34H44N6O4. The van der Waals surface area contributed by atoms with Gasteiger partial charge in [0.25, 0.3) is 0 Å². The second kappa shape index (κ2) is 13.0. The Labute approximate surface area is 259 Å². The maximum atomic E-state index is 12.5. The average molecular weight is 601 g/mol. The third-order valence-electron chi connectivity index (χ3n) is 10.4. The van der Waals surface area contributed by atoms with Crippen molar-refractivity contribution in [3.05, 3.63) is 77.9 Å². The van der Waals surface area contributed by atoms with Crippen molar-refractivity contribution in [3.63, 3.8) is 0 Å². The SMILES string of the molecule is CNC(=O)O[C@H]1CCC[C@@H]1[C@](Cn1cnnc1C)(c1ccccc1)C1CCN(CC2CN(c3ccc(C(=O)O)cc3)C2)CC1. The van der Waals surface area contributed by atoms with Gasteiger partial charge in [0.05, 0.1) is 5.56 Å². The van der Waals surface area contributed by atoms with Gasteiger partial charge in [0.15, 0.2) is 0 Å². The number of aromatic nitrogens is 3. The number of anilines is 1. The monoisotopic (exact) mass is 600 g/mol. The highest BCUT2D eigenvalue weighted by molar-refractivity contribution is 5.88. The molecule has 1 aliphatic carbocycles. The minimum atomic E-state index is -0.892. The maximum Gasteiger partial charge on any atom is 0.407 e. The quantitative estimate of drug-likeness (QED) is 0.347. The van der Waals surface area contributed by atoms with E-state index < -0.39 is 5.97 Å².